The van der Waals surface area contributed by atoms with Gasteiger partial charge >= 0.3 is 0 Å². The summed E-state index contributed by atoms with van der Waals surface area (Å²) in [6.07, 6.45) is -0.709. The van der Waals surface area contributed by atoms with E-state index in [9.17, 15) is 28.2 Å². The van der Waals surface area contributed by atoms with Gasteiger partial charge in [0.05, 0.1) is 25.4 Å². The number of aliphatic imine (C=N–C) groups is 2. The van der Waals surface area contributed by atoms with Gasteiger partial charge in [0.15, 0.2) is 23.7 Å². The van der Waals surface area contributed by atoms with Gasteiger partial charge in [0, 0.05) is 12.8 Å². The molecule has 15 heteroatoms. The van der Waals surface area contributed by atoms with Crippen molar-refractivity contribution in [2.24, 2.45) is 21.5 Å². The second-order valence-corrected chi connectivity index (χ2v) is 9.03. The van der Waals surface area contributed by atoms with Gasteiger partial charge in [0.1, 0.15) is 6.04 Å². The first-order valence-electron chi connectivity index (χ1n) is 8.75. The van der Waals surface area contributed by atoms with E-state index in [1.165, 1.54) is 4.90 Å². The third-order valence-electron chi connectivity index (χ3n) is 5.56. The Morgan fingerprint density at radius 2 is 1.86 bits per heavy atom. The zero-order valence-electron chi connectivity index (χ0n) is 15.3. The number of imide groups is 1. The number of nitrogens with one attached hydrogen (secondary N) is 1. The highest BCUT2D eigenvalue weighted by Crippen LogP contribution is 2.46. The number of carbonyl (C=O) groups is 2. The van der Waals surface area contributed by atoms with E-state index < -0.39 is 39.8 Å². The monoisotopic (exact) mass is 431 g/mol. The summed E-state index contributed by atoms with van der Waals surface area (Å²) in [7, 11) is -4.05. The summed E-state index contributed by atoms with van der Waals surface area (Å²) in [6, 6.07) is -2.04. The molecular formula is C14H21N7O7S. The van der Waals surface area contributed by atoms with Crippen LogP contribution in [0.1, 0.15) is 12.8 Å². The fourth-order valence-electron chi connectivity index (χ4n) is 4.37. The Labute approximate surface area is 165 Å². The van der Waals surface area contributed by atoms with Crippen LogP contribution in [0.3, 0.4) is 0 Å². The van der Waals surface area contributed by atoms with Gasteiger partial charge in [-0.15, -0.1) is 0 Å². The lowest BCUT2D eigenvalue weighted by atomic mass is 9.85. The Hall–Kier alpha value is -2.49. The predicted octanol–water partition coefficient (Wildman–Crippen LogP) is -4.84. The number of nitrogens with two attached hydrogens (primary N) is 2. The molecule has 4 atom stereocenters. The minimum absolute atomic E-state index is 0.0740. The van der Waals surface area contributed by atoms with Gasteiger partial charge in [-0.2, -0.15) is 8.42 Å². The number of carbonyl (C=O) groups excluding carboxylic acids is 2. The molecule has 4 aliphatic heterocycles. The van der Waals surface area contributed by atoms with Gasteiger partial charge in [-0.05, 0) is 0 Å². The molecule has 160 valence electrons. The number of nitrogens with zero attached hydrogens (tertiary/aromatic N) is 4. The van der Waals surface area contributed by atoms with E-state index in [1.54, 1.807) is 0 Å². The van der Waals surface area contributed by atoms with E-state index in [-0.39, 0.29) is 49.7 Å². The first kappa shape index (κ1) is 19.8. The third kappa shape index (κ3) is 2.76. The average molecular weight is 431 g/mol. The topological polar surface area (TPSA) is 213 Å². The zero-order valence-corrected chi connectivity index (χ0v) is 16.2. The molecule has 14 nitrogen and oxygen atoms in total. The molecule has 0 bridgehead atoms. The van der Waals surface area contributed by atoms with Crippen LogP contribution in [0.2, 0.25) is 0 Å². The fraction of sp³-hybridized carbons (Fsp3) is 0.714. The van der Waals surface area contributed by atoms with Crippen LogP contribution < -0.4 is 16.8 Å². The van der Waals surface area contributed by atoms with Gasteiger partial charge in [0.25, 0.3) is 10.1 Å². The number of guanidine groups is 2. The van der Waals surface area contributed by atoms with Crippen LogP contribution in [0.5, 0.6) is 0 Å². The number of likely N-dealkylation sites (tertiary alicyclic amines) is 1. The average Bonchev–Trinajstić information content (AvgIpc) is 3.17. The highest BCUT2D eigenvalue weighted by Gasteiger charge is 2.74. The maximum atomic E-state index is 12.0. The molecule has 0 aromatic carbocycles. The molecule has 4 aliphatic rings. The van der Waals surface area contributed by atoms with Gasteiger partial charge in [-0.3, -0.25) is 18.7 Å². The maximum absolute atomic E-state index is 12.0. The molecule has 0 radical (unpaired) electrons. The molecule has 29 heavy (non-hydrogen) atoms. The van der Waals surface area contributed by atoms with Crippen molar-refractivity contribution < 1.29 is 32.4 Å². The molecule has 0 aromatic rings. The van der Waals surface area contributed by atoms with Crippen molar-refractivity contribution in [3.63, 3.8) is 0 Å². The molecular weight excluding hydrogens is 410 g/mol. The van der Waals surface area contributed by atoms with Crippen molar-refractivity contribution in [3.8, 4) is 0 Å². The smallest absolute Gasteiger partial charge is 0.264 e. The summed E-state index contributed by atoms with van der Waals surface area (Å²) in [5, 5.41) is 24.6. The SMILES string of the molecule is CS(=O)(=O)OC1CN2C(N)=NC(CN3C(=O)CCC3=O)[C@@H]3N=C(N)N[C@@]32C1(O)O. The van der Waals surface area contributed by atoms with Crippen molar-refractivity contribution in [1.82, 2.24) is 15.1 Å². The largest absolute Gasteiger partial charge is 0.370 e. The van der Waals surface area contributed by atoms with Crippen molar-refractivity contribution in [3.05, 3.63) is 0 Å². The molecule has 4 rings (SSSR count). The Morgan fingerprint density at radius 1 is 1.24 bits per heavy atom. The molecule has 7 N–H and O–H groups in total. The van der Waals surface area contributed by atoms with E-state index in [1.807, 2.05) is 0 Å². The van der Waals surface area contributed by atoms with Gasteiger partial charge in [-0.25, -0.2) is 9.98 Å². The van der Waals surface area contributed by atoms with Crippen molar-refractivity contribution in [2.45, 2.75) is 42.5 Å². The molecule has 0 aliphatic carbocycles. The second kappa shape index (κ2) is 6.01. The molecule has 4 heterocycles. The van der Waals surface area contributed by atoms with Gasteiger partial charge in [-0.1, -0.05) is 0 Å². The fourth-order valence-corrected chi connectivity index (χ4v) is 4.99. The van der Waals surface area contributed by atoms with Crippen molar-refractivity contribution in [2.75, 3.05) is 19.3 Å². The summed E-state index contributed by atoms with van der Waals surface area (Å²) in [5.41, 5.74) is 9.93. The van der Waals surface area contributed by atoms with Crippen LogP contribution in [0.4, 0.5) is 0 Å². The van der Waals surface area contributed by atoms with Gasteiger partial charge < -0.3 is 31.9 Å². The summed E-state index contributed by atoms with van der Waals surface area (Å²) in [4.78, 5) is 34.7. The molecule has 2 saturated heterocycles. The van der Waals surface area contributed by atoms with Crippen LogP contribution in [0, 0.1) is 0 Å². The minimum Gasteiger partial charge on any atom is -0.370 e. The van der Waals surface area contributed by atoms with Crippen LogP contribution in [0.25, 0.3) is 0 Å². The number of amides is 2. The quantitative estimate of drug-likeness (QED) is 0.162. The Balaban J connectivity index is 1.74. The number of hydrogen-bond acceptors (Lipinski definition) is 13. The summed E-state index contributed by atoms with van der Waals surface area (Å²) in [5.74, 6) is -3.92. The summed E-state index contributed by atoms with van der Waals surface area (Å²) in [6.45, 7) is -0.527. The van der Waals surface area contributed by atoms with E-state index in [0.29, 0.717) is 0 Å². The molecule has 0 aromatic heterocycles. The lowest BCUT2D eigenvalue weighted by molar-refractivity contribution is -0.251. The Kier molecular flexibility index (Phi) is 4.10. The van der Waals surface area contributed by atoms with E-state index in [4.69, 9.17) is 15.7 Å². The maximum Gasteiger partial charge on any atom is 0.264 e. The van der Waals surface area contributed by atoms with Crippen LogP contribution in [0.15, 0.2) is 9.98 Å². The molecule has 2 amide bonds. The first-order chi connectivity index (χ1) is 13.4. The van der Waals surface area contributed by atoms with E-state index in [0.717, 1.165) is 11.2 Å². The summed E-state index contributed by atoms with van der Waals surface area (Å²) < 4.78 is 28.1. The van der Waals surface area contributed by atoms with Crippen LogP contribution in [-0.2, 0) is 23.9 Å². The minimum atomic E-state index is -4.05. The lowest BCUT2D eigenvalue weighted by Gasteiger charge is -2.49. The Morgan fingerprint density at radius 3 is 2.45 bits per heavy atom. The van der Waals surface area contributed by atoms with Crippen molar-refractivity contribution >= 4 is 33.9 Å². The number of hydrogen-bond donors (Lipinski definition) is 5. The third-order valence-corrected chi connectivity index (χ3v) is 6.15. The van der Waals surface area contributed by atoms with Crippen LogP contribution >= 0.6 is 0 Å². The predicted molar refractivity (Wildman–Crippen MR) is 96.2 cm³/mol. The first-order valence-corrected chi connectivity index (χ1v) is 10.6. The molecule has 2 unspecified atom stereocenters. The highest BCUT2D eigenvalue weighted by atomic mass is 32.2. The second-order valence-electron chi connectivity index (χ2n) is 7.43. The zero-order chi connectivity index (χ0) is 21.4. The highest BCUT2D eigenvalue weighted by molar-refractivity contribution is 7.86. The van der Waals surface area contributed by atoms with E-state index >= 15 is 0 Å². The number of aliphatic hydroxyl groups is 2. The lowest BCUT2D eigenvalue weighted by Crippen LogP contribution is -2.77. The summed E-state index contributed by atoms with van der Waals surface area (Å²) >= 11 is 0. The standard InChI is InChI=1S/C14H21N7O7S/c1-29(26,27)28-7-5-21-12(16)17-6(4-20-8(22)2-3-9(20)23)10-13(21,14(7,24)25)19-11(15)18-10/h6-7,10,24-25H,2-5H2,1H3,(H2,16,17)(H3,15,18,19)/t6?,7?,10-,13-/m0/s1. The normalized spacial score (nSPS) is 35.9. The molecule has 2 fully saturated rings. The Bertz CT molecular complexity index is 932. The van der Waals surface area contributed by atoms with Crippen molar-refractivity contribution in [1.29, 1.82) is 0 Å². The molecule has 1 spiro atoms. The van der Waals surface area contributed by atoms with Gasteiger partial charge in [0.2, 0.25) is 17.6 Å². The molecule has 0 saturated carbocycles. The number of rotatable bonds is 4. The van der Waals surface area contributed by atoms with Crippen LogP contribution in [-0.4, -0.2) is 101 Å². The van der Waals surface area contributed by atoms with E-state index in [2.05, 4.69) is 15.3 Å².